The maximum absolute atomic E-state index is 14.1. The monoisotopic (exact) mass is 419 g/mol. The van der Waals surface area contributed by atoms with E-state index in [1.807, 2.05) is 17.9 Å². The zero-order valence-corrected chi connectivity index (χ0v) is 16.2. The average Bonchev–Trinajstić information content (AvgIpc) is 2.70. The minimum Gasteiger partial charge on any atom is -0.487 e. The molecular formula is C20H20F3N5O2. The number of nitrogens with two attached hydrogens (primary N) is 1. The highest BCUT2D eigenvalue weighted by atomic mass is 19.3. The van der Waals surface area contributed by atoms with Crippen LogP contribution in [0.1, 0.15) is 18.5 Å². The van der Waals surface area contributed by atoms with E-state index in [1.54, 1.807) is 6.20 Å². The van der Waals surface area contributed by atoms with Crippen molar-refractivity contribution in [3.05, 3.63) is 42.0 Å². The molecule has 7 nitrogen and oxygen atoms in total. The van der Waals surface area contributed by atoms with Crippen molar-refractivity contribution in [3.63, 3.8) is 0 Å². The number of pyridine rings is 1. The molecule has 3 aromatic rings. The molecule has 0 amide bonds. The molecule has 0 atom stereocenters. The molecule has 3 heterocycles. The average molecular weight is 419 g/mol. The summed E-state index contributed by atoms with van der Waals surface area (Å²) in [5, 5.41) is 0. The maximum atomic E-state index is 14.1. The number of fused-ring (bicyclic) bond motifs is 1. The Kier molecular flexibility index (Phi) is 5.47. The molecule has 0 unspecified atom stereocenters. The fourth-order valence-corrected chi connectivity index (χ4v) is 3.42. The Balaban J connectivity index is 1.41. The number of aryl methyl sites for hydroxylation is 1. The predicted molar refractivity (Wildman–Crippen MR) is 105 cm³/mol. The summed E-state index contributed by atoms with van der Waals surface area (Å²) < 4.78 is 48.5. The van der Waals surface area contributed by atoms with Gasteiger partial charge in [0, 0.05) is 37.7 Å². The molecular weight excluding hydrogens is 399 g/mol. The third-order valence-corrected chi connectivity index (χ3v) is 4.86. The van der Waals surface area contributed by atoms with E-state index < -0.39 is 12.4 Å². The normalized spacial score (nSPS) is 15.0. The topological polar surface area (TPSA) is 86.4 Å². The highest BCUT2D eigenvalue weighted by Gasteiger charge is 2.24. The van der Waals surface area contributed by atoms with Crippen molar-refractivity contribution in [3.8, 4) is 11.5 Å². The lowest BCUT2D eigenvalue weighted by atomic mass is 10.1. The molecule has 1 saturated heterocycles. The minimum absolute atomic E-state index is 0.00141. The number of aromatic nitrogens is 3. The molecule has 10 heteroatoms. The lowest BCUT2D eigenvalue weighted by molar-refractivity contribution is -0.0500. The lowest BCUT2D eigenvalue weighted by Gasteiger charge is -2.33. The second kappa shape index (κ2) is 8.21. The molecule has 0 saturated carbocycles. The second-order valence-electron chi connectivity index (χ2n) is 7.02. The first kappa shape index (κ1) is 20.0. The number of benzene rings is 1. The summed E-state index contributed by atoms with van der Waals surface area (Å²) in [4.78, 5) is 15.3. The van der Waals surface area contributed by atoms with Crippen LogP contribution in [0.15, 0.2) is 30.5 Å². The van der Waals surface area contributed by atoms with Gasteiger partial charge < -0.3 is 20.1 Å². The van der Waals surface area contributed by atoms with Gasteiger partial charge >= 0.3 is 6.61 Å². The van der Waals surface area contributed by atoms with Gasteiger partial charge in [-0.25, -0.2) is 14.4 Å². The van der Waals surface area contributed by atoms with E-state index in [4.69, 9.17) is 10.5 Å². The van der Waals surface area contributed by atoms with Crippen molar-refractivity contribution < 1.29 is 22.6 Å². The molecule has 2 aromatic heterocycles. The number of hydrogen-bond donors (Lipinski definition) is 1. The van der Waals surface area contributed by atoms with Crippen LogP contribution in [0.3, 0.4) is 0 Å². The van der Waals surface area contributed by atoms with Crippen molar-refractivity contribution >= 4 is 22.7 Å². The first-order chi connectivity index (χ1) is 14.4. The number of alkyl halides is 2. The number of hydrogen-bond acceptors (Lipinski definition) is 7. The van der Waals surface area contributed by atoms with E-state index in [2.05, 4.69) is 19.7 Å². The van der Waals surface area contributed by atoms with Gasteiger partial charge in [-0.3, -0.25) is 4.98 Å². The summed E-state index contributed by atoms with van der Waals surface area (Å²) in [6, 6.07) is 5.26. The van der Waals surface area contributed by atoms with Crippen LogP contribution in [-0.4, -0.2) is 40.8 Å². The van der Waals surface area contributed by atoms with Gasteiger partial charge in [-0.15, -0.1) is 0 Å². The van der Waals surface area contributed by atoms with Crippen LogP contribution in [0.2, 0.25) is 0 Å². The number of anilines is 2. The van der Waals surface area contributed by atoms with Gasteiger partial charge in [0.25, 0.3) is 0 Å². The van der Waals surface area contributed by atoms with Gasteiger partial charge in [0.1, 0.15) is 17.4 Å². The maximum Gasteiger partial charge on any atom is 0.387 e. The summed E-state index contributed by atoms with van der Waals surface area (Å²) >= 11 is 0. The minimum atomic E-state index is -3.01. The molecule has 158 valence electrons. The number of ether oxygens (including phenoxy) is 2. The van der Waals surface area contributed by atoms with Crippen LogP contribution < -0.4 is 20.1 Å². The molecule has 0 spiro atoms. The van der Waals surface area contributed by atoms with Gasteiger partial charge in [-0.2, -0.15) is 8.78 Å². The quantitative estimate of drug-likeness (QED) is 0.675. The fourth-order valence-electron chi connectivity index (χ4n) is 3.42. The van der Waals surface area contributed by atoms with Crippen molar-refractivity contribution in [2.24, 2.45) is 0 Å². The van der Waals surface area contributed by atoms with Crippen LogP contribution in [0, 0.1) is 12.7 Å². The Bertz CT molecular complexity index is 1060. The van der Waals surface area contributed by atoms with Crippen LogP contribution >= 0.6 is 0 Å². The van der Waals surface area contributed by atoms with E-state index in [0.717, 1.165) is 11.8 Å². The number of nitrogens with zero attached hydrogens (tertiary/aromatic N) is 4. The third kappa shape index (κ3) is 4.32. The van der Waals surface area contributed by atoms with E-state index in [-0.39, 0.29) is 17.6 Å². The molecule has 30 heavy (non-hydrogen) atoms. The van der Waals surface area contributed by atoms with Crippen molar-refractivity contribution in [2.45, 2.75) is 32.5 Å². The first-order valence-electron chi connectivity index (χ1n) is 9.45. The Hall–Kier alpha value is -3.30. The zero-order chi connectivity index (χ0) is 21.3. The van der Waals surface area contributed by atoms with E-state index in [0.29, 0.717) is 48.6 Å². The van der Waals surface area contributed by atoms with Crippen molar-refractivity contribution in [1.82, 2.24) is 15.0 Å². The van der Waals surface area contributed by atoms with E-state index >= 15 is 0 Å². The number of rotatable bonds is 5. The summed E-state index contributed by atoms with van der Waals surface area (Å²) in [5.41, 5.74) is 8.30. The second-order valence-corrected chi connectivity index (χ2v) is 7.02. The van der Waals surface area contributed by atoms with E-state index in [1.165, 1.54) is 12.1 Å². The number of piperidine rings is 1. The Morgan fingerprint density at radius 1 is 1.13 bits per heavy atom. The van der Waals surface area contributed by atoms with E-state index in [9.17, 15) is 13.2 Å². The highest BCUT2D eigenvalue weighted by molar-refractivity contribution is 5.79. The predicted octanol–water partition coefficient (Wildman–Crippen LogP) is 3.70. The third-order valence-electron chi connectivity index (χ3n) is 4.86. The molecule has 0 radical (unpaired) electrons. The van der Waals surface area contributed by atoms with Crippen LogP contribution in [0.25, 0.3) is 11.0 Å². The Morgan fingerprint density at radius 2 is 1.90 bits per heavy atom. The van der Waals surface area contributed by atoms with Crippen LogP contribution in [0.4, 0.5) is 24.8 Å². The molecule has 1 aromatic carbocycles. The van der Waals surface area contributed by atoms with Crippen LogP contribution in [0.5, 0.6) is 11.5 Å². The summed E-state index contributed by atoms with van der Waals surface area (Å²) in [6.07, 6.45) is 2.66. The Morgan fingerprint density at radius 3 is 2.60 bits per heavy atom. The standard InChI is InChI=1S/C20H20F3N5O2/c1-11-8-15-16(10-25-11)27-19(18(24)26-15)28-6-4-12(5-7-28)29-17-3-2-13(9-14(17)21)30-20(22)23/h2-3,8-10,12,20H,4-7H2,1H3,(H2,24,26). The summed E-state index contributed by atoms with van der Waals surface area (Å²) in [6.45, 7) is 0.0643. The molecule has 2 N–H and O–H groups in total. The van der Waals surface area contributed by atoms with Gasteiger partial charge in [0.05, 0.1) is 11.7 Å². The number of halogens is 3. The van der Waals surface area contributed by atoms with Crippen molar-refractivity contribution in [1.29, 1.82) is 0 Å². The van der Waals surface area contributed by atoms with Crippen molar-refractivity contribution in [2.75, 3.05) is 23.7 Å². The van der Waals surface area contributed by atoms with Crippen LogP contribution in [-0.2, 0) is 0 Å². The highest BCUT2D eigenvalue weighted by Crippen LogP contribution is 2.29. The fraction of sp³-hybridized carbons (Fsp3) is 0.350. The molecule has 4 rings (SSSR count). The summed E-state index contributed by atoms with van der Waals surface area (Å²) in [5.74, 6) is -0.0661. The molecule has 1 aliphatic heterocycles. The molecule has 0 aliphatic carbocycles. The SMILES string of the molecule is Cc1cc2nc(N)c(N3CCC(Oc4ccc(OC(F)F)cc4F)CC3)nc2cn1. The lowest BCUT2D eigenvalue weighted by Crippen LogP contribution is -2.39. The van der Waals surface area contributed by atoms with Gasteiger partial charge in [0.2, 0.25) is 0 Å². The van der Waals surface area contributed by atoms with Gasteiger partial charge in [-0.1, -0.05) is 0 Å². The van der Waals surface area contributed by atoms with Gasteiger partial charge in [0.15, 0.2) is 23.2 Å². The molecule has 1 fully saturated rings. The Labute approximate surface area is 170 Å². The van der Waals surface area contributed by atoms with Gasteiger partial charge in [-0.05, 0) is 25.1 Å². The summed E-state index contributed by atoms with van der Waals surface area (Å²) in [7, 11) is 0. The zero-order valence-electron chi connectivity index (χ0n) is 16.2. The molecule has 0 bridgehead atoms. The molecule has 1 aliphatic rings. The first-order valence-corrected chi connectivity index (χ1v) is 9.45. The number of nitrogen functional groups attached to an aromatic ring is 1. The largest absolute Gasteiger partial charge is 0.487 e. The smallest absolute Gasteiger partial charge is 0.387 e.